The van der Waals surface area contributed by atoms with Crippen LogP contribution in [0.25, 0.3) is 5.69 Å². The Morgan fingerprint density at radius 2 is 1.84 bits per heavy atom. The molecule has 7 nitrogen and oxygen atoms in total. The summed E-state index contributed by atoms with van der Waals surface area (Å²) >= 11 is 0. The van der Waals surface area contributed by atoms with Crippen molar-refractivity contribution in [2.24, 2.45) is 5.92 Å². The van der Waals surface area contributed by atoms with Gasteiger partial charge in [-0.1, -0.05) is 6.07 Å². The molecule has 1 unspecified atom stereocenters. The maximum atomic E-state index is 13.7. The van der Waals surface area contributed by atoms with Gasteiger partial charge in [0.05, 0.1) is 23.2 Å². The fourth-order valence-electron chi connectivity index (χ4n) is 4.54. The van der Waals surface area contributed by atoms with Gasteiger partial charge in [-0.3, -0.25) is 9.59 Å². The third-order valence-electron chi connectivity index (χ3n) is 6.07. The maximum Gasteiger partial charge on any atom is 0.435 e. The highest BCUT2D eigenvalue weighted by molar-refractivity contribution is 5.84. The van der Waals surface area contributed by atoms with E-state index in [4.69, 9.17) is 5.11 Å². The highest BCUT2D eigenvalue weighted by Gasteiger charge is 2.44. The summed E-state index contributed by atoms with van der Waals surface area (Å²) in [4.78, 5) is 26.0. The van der Waals surface area contributed by atoms with Crippen molar-refractivity contribution in [1.29, 1.82) is 0 Å². The summed E-state index contributed by atoms with van der Waals surface area (Å²) in [5.41, 5.74) is -0.542. The zero-order valence-corrected chi connectivity index (χ0v) is 16.6. The van der Waals surface area contributed by atoms with Gasteiger partial charge in [0.1, 0.15) is 5.75 Å². The predicted molar refractivity (Wildman–Crippen MR) is 103 cm³/mol. The number of benzene rings is 1. The first-order chi connectivity index (χ1) is 14.7. The van der Waals surface area contributed by atoms with Gasteiger partial charge in [-0.2, -0.15) is 18.3 Å². The standard InChI is InChI=1S/C21H22F3N3O4/c22-21(23,24)18-15-5-2-6-16(19(29)26-9-7-12(8-10-26)20(30)31)17(15)27(25-18)13-3-1-4-14(28)11-13/h1,3-4,11-12,16,28H,2,5-10H2,(H,30,31). The van der Waals surface area contributed by atoms with Crippen LogP contribution >= 0.6 is 0 Å². The minimum atomic E-state index is -4.67. The summed E-state index contributed by atoms with van der Waals surface area (Å²) in [5.74, 6) is -2.65. The van der Waals surface area contributed by atoms with Gasteiger partial charge in [0, 0.05) is 24.7 Å². The number of halogens is 3. The lowest BCUT2D eigenvalue weighted by Crippen LogP contribution is -2.43. The quantitative estimate of drug-likeness (QED) is 0.768. The number of aromatic hydroxyl groups is 1. The van der Waals surface area contributed by atoms with Gasteiger partial charge in [0.2, 0.25) is 5.91 Å². The van der Waals surface area contributed by atoms with Crippen LogP contribution in [0.15, 0.2) is 24.3 Å². The molecule has 10 heteroatoms. The number of aliphatic carboxylic acids is 1. The van der Waals surface area contributed by atoms with Gasteiger partial charge in [0.25, 0.3) is 0 Å². The molecule has 2 heterocycles. The van der Waals surface area contributed by atoms with Crippen LogP contribution in [0.1, 0.15) is 48.6 Å². The van der Waals surface area contributed by atoms with E-state index in [0.29, 0.717) is 25.7 Å². The Morgan fingerprint density at radius 1 is 1.13 bits per heavy atom. The minimum absolute atomic E-state index is 0.0147. The number of carbonyl (C=O) groups is 2. The lowest BCUT2D eigenvalue weighted by atomic mass is 9.84. The number of phenolic OH excluding ortho intramolecular Hbond substituents is 1. The number of amides is 1. The molecule has 0 spiro atoms. The van der Waals surface area contributed by atoms with Crippen molar-refractivity contribution in [2.45, 2.75) is 44.2 Å². The number of hydrogen-bond acceptors (Lipinski definition) is 4. The highest BCUT2D eigenvalue weighted by atomic mass is 19.4. The Kier molecular flexibility index (Phi) is 5.40. The first-order valence-electron chi connectivity index (χ1n) is 10.2. The first-order valence-corrected chi connectivity index (χ1v) is 10.2. The van der Waals surface area contributed by atoms with E-state index in [9.17, 15) is 27.9 Å². The second kappa shape index (κ2) is 7.90. The summed E-state index contributed by atoms with van der Waals surface area (Å²) in [6, 6.07) is 5.74. The molecule has 2 aliphatic rings. The molecule has 1 saturated heterocycles. The van der Waals surface area contributed by atoms with E-state index in [1.165, 1.54) is 24.3 Å². The molecule has 31 heavy (non-hydrogen) atoms. The molecular formula is C21H22F3N3O4. The zero-order valence-electron chi connectivity index (χ0n) is 16.6. The number of alkyl halides is 3. The van der Waals surface area contributed by atoms with Crippen molar-refractivity contribution >= 4 is 11.9 Å². The number of likely N-dealkylation sites (tertiary alicyclic amines) is 1. The van der Waals surface area contributed by atoms with Gasteiger partial charge in [-0.15, -0.1) is 0 Å². The number of aromatic nitrogens is 2. The number of carboxylic acid groups (broad SMARTS) is 1. The Bertz CT molecular complexity index is 1010. The zero-order chi connectivity index (χ0) is 22.3. The molecule has 1 aromatic heterocycles. The molecule has 1 amide bonds. The number of carbonyl (C=O) groups excluding carboxylic acids is 1. The van der Waals surface area contributed by atoms with E-state index in [1.54, 1.807) is 4.90 Å². The maximum absolute atomic E-state index is 13.7. The molecule has 1 atom stereocenters. The second-order valence-electron chi connectivity index (χ2n) is 8.02. The van der Waals surface area contributed by atoms with E-state index < -0.39 is 29.7 Å². The van der Waals surface area contributed by atoms with Crippen molar-refractivity contribution < 1.29 is 33.0 Å². The molecule has 0 bridgehead atoms. The fraction of sp³-hybridized carbons (Fsp3) is 0.476. The van der Waals surface area contributed by atoms with Crippen LogP contribution in [-0.2, 0) is 22.2 Å². The van der Waals surface area contributed by atoms with E-state index in [1.807, 2.05) is 0 Å². The lowest BCUT2D eigenvalue weighted by Gasteiger charge is -2.34. The third kappa shape index (κ3) is 3.98. The highest BCUT2D eigenvalue weighted by Crippen LogP contribution is 2.42. The number of phenols is 1. The van der Waals surface area contributed by atoms with Crippen LogP contribution in [0.5, 0.6) is 5.75 Å². The number of carboxylic acids is 1. The van der Waals surface area contributed by atoms with E-state index in [-0.39, 0.29) is 48.1 Å². The van der Waals surface area contributed by atoms with Gasteiger partial charge in [-0.25, -0.2) is 4.68 Å². The van der Waals surface area contributed by atoms with Crippen molar-refractivity contribution in [2.75, 3.05) is 13.1 Å². The number of rotatable bonds is 3. The van der Waals surface area contributed by atoms with Crippen LogP contribution in [0.3, 0.4) is 0 Å². The monoisotopic (exact) mass is 437 g/mol. The van der Waals surface area contributed by atoms with Crippen LogP contribution in [0.4, 0.5) is 13.2 Å². The molecule has 166 valence electrons. The summed E-state index contributed by atoms with van der Waals surface area (Å²) in [6.45, 7) is 0.516. The average molecular weight is 437 g/mol. The van der Waals surface area contributed by atoms with Crippen LogP contribution < -0.4 is 0 Å². The van der Waals surface area contributed by atoms with Gasteiger partial charge >= 0.3 is 12.1 Å². The van der Waals surface area contributed by atoms with Crippen molar-refractivity contribution in [1.82, 2.24) is 14.7 Å². The third-order valence-corrected chi connectivity index (χ3v) is 6.07. The molecule has 1 aliphatic heterocycles. The Labute approximate surface area is 176 Å². The molecule has 1 aromatic carbocycles. The van der Waals surface area contributed by atoms with Gasteiger partial charge < -0.3 is 15.1 Å². The summed E-state index contributed by atoms with van der Waals surface area (Å²) in [7, 11) is 0. The van der Waals surface area contributed by atoms with Gasteiger partial charge in [0.15, 0.2) is 5.69 Å². The van der Waals surface area contributed by atoms with Crippen LogP contribution in [0.2, 0.25) is 0 Å². The van der Waals surface area contributed by atoms with Crippen LogP contribution in [-0.4, -0.2) is 49.9 Å². The van der Waals surface area contributed by atoms with Gasteiger partial charge in [-0.05, 0) is 44.2 Å². The number of nitrogens with zero attached hydrogens (tertiary/aromatic N) is 3. The Balaban J connectivity index is 1.74. The molecule has 0 radical (unpaired) electrons. The molecule has 1 fully saturated rings. The molecule has 0 saturated carbocycles. The smallest absolute Gasteiger partial charge is 0.435 e. The topological polar surface area (TPSA) is 95.7 Å². The normalized spacial score (nSPS) is 19.8. The molecule has 4 rings (SSSR count). The molecular weight excluding hydrogens is 415 g/mol. The predicted octanol–water partition coefficient (Wildman–Crippen LogP) is 3.34. The summed E-state index contributed by atoms with van der Waals surface area (Å²) in [5, 5.41) is 22.8. The minimum Gasteiger partial charge on any atom is -0.508 e. The number of fused-ring (bicyclic) bond motifs is 1. The Morgan fingerprint density at radius 3 is 2.45 bits per heavy atom. The number of piperidine rings is 1. The van der Waals surface area contributed by atoms with Crippen molar-refractivity contribution in [3.8, 4) is 11.4 Å². The largest absolute Gasteiger partial charge is 0.508 e. The van der Waals surface area contributed by atoms with Crippen molar-refractivity contribution in [3.63, 3.8) is 0 Å². The van der Waals surface area contributed by atoms with E-state index in [2.05, 4.69) is 5.10 Å². The van der Waals surface area contributed by atoms with E-state index in [0.717, 1.165) is 4.68 Å². The lowest BCUT2D eigenvalue weighted by molar-refractivity contribution is -0.146. The summed E-state index contributed by atoms with van der Waals surface area (Å²) in [6.07, 6.45) is -3.07. The number of hydrogen-bond donors (Lipinski definition) is 2. The molecule has 2 aromatic rings. The second-order valence-corrected chi connectivity index (χ2v) is 8.02. The fourth-order valence-corrected chi connectivity index (χ4v) is 4.54. The van der Waals surface area contributed by atoms with Crippen molar-refractivity contribution in [3.05, 3.63) is 41.2 Å². The Hall–Kier alpha value is -3.04. The summed E-state index contributed by atoms with van der Waals surface area (Å²) < 4.78 is 42.3. The molecule has 1 aliphatic carbocycles. The SMILES string of the molecule is O=C(O)C1CCN(C(=O)C2CCCc3c(C(F)(F)F)nn(-c4cccc(O)c4)c32)CC1. The van der Waals surface area contributed by atoms with Crippen LogP contribution in [0, 0.1) is 5.92 Å². The molecule has 2 N–H and O–H groups in total. The first kappa shape index (κ1) is 21.2. The average Bonchev–Trinajstić information content (AvgIpc) is 3.14. The van der Waals surface area contributed by atoms with E-state index >= 15 is 0 Å².